The van der Waals surface area contributed by atoms with Gasteiger partial charge in [-0.3, -0.25) is 19.3 Å². The number of pyridine rings is 1. The van der Waals surface area contributed by atoms with Crippen molar-refractivity contribution in [3.05, 3.63) is 65.5 Å². The van der Waals surface area contributed by atoms with Gasteiger partial charge in [-0.05, 0) is 57.5 Å². The Hall–Kier alpha value is -4.43. The molecule has 4 atom stereocenters. The number of aromatic nitrogens is 1. The number of carboxylic acid groups (broad SMARTS) is 2. The molecule has 2 fully saturated rings. The lowest BCUT2D eigenvalue weighted by molar-refractivity contribution is -0.200. The number of allylic oxidation sites excluding steroid dienone is 1. The second kappa shape index (κ2) is 9.84. The van der Waals surface area contributed by atoms with E-state index in [2.05, 4.69) is 4.98 Å². The molecule has 1 aromatic heterocycles. The maximum atomic E-state index is 14.2. The van der Waals surface area contributed by atoms with Crippen molar-refractivity contribution >= 4 is 47.2 Å². The summed E-state index contributed by atoms with van der Waals surface area (Å²) >= 11 is 1.14. The predicted molar refractivity (Wildman–Crippen MR) is 151 cm³/mol. The number of aryl methyl sites for hydroxylation is 1. The fraction of sp³-hybridized carbons (Fsp3) is 0.357. The number of hydrazine groups is 1. The number of ketones is 1. The molecule has 42 heavy (non-hydrogen) atoms. The normalized spacial score (nSPS) is 27.1. The largest absolute Gasteiger partial charge is 0.508 e. The number of likely N-dealkylation sites (N-methyl/N-ethyl adjacent to an activating group) is 1. The summed E-state index contributed by atoms with van der Waals surface area (Å²) in [5.41, 5.74) is 0.879. The molecule has 3 aliphatic heterocycles. The maximum Gasteiger partial charge on any atom is 0.423 e. The molecule has 220 valence electrons. The van der Waals surface area contributed by atoms with Gasteiger partial charge in [0.15, 0.2) is 5.78 Å². The number of carbonyl (C=O) groups is 5. The molecule has 0 aliphatic carbocycles. The molecule has 4 N–H and O–H groups in total. The number of phenols is 1. The number of hydrogen-bond donors (Lipinski definition) is 4. The molecule has 5 rings (SSSR count). The average Bonchev–Trinajstić information content (AvgIpc) is 3.14. The molecule has 4 heterocycles. The van der Waals surface area contributed by atoms with Crippen molar-refractivity contribution in [2.24, 2.45) is 0 Å². The number of quaternary nitrogens is 1. The van der Waals surface area contributed by atoms with Gasteiger partial charge in [-0.2, -0.15) is 0 Å². The molecule has 0 spiro atoms. The third kappa shape index (κ3) is 3.96. The number of rotatable bonds is 6. The molecule has 1 aromatic carbocycles. The zero-order valence-electron chi connectivity index (χ0n) is 23.3. The van der Waals surface area contributed by atoms with Gasteiger partial charge in [0.05, 0.1) is 17.7 Å². The number of amides is 3. The van der Waals surface area contributed by atoms with E-state index in [1.807, 2.05) is 12.3 Å². The van der Waals surface area contributed by atoms with Crippen molar-refractivity contribution in [1.82, 2.24) is 24.8 Å². The molecule has 0 unspecified atom stereocenters. The molecular formula is C28H30N5O8S+. The molecular weight excluding hydrogens is 566 g/mol. The Balaban J connectivity index is 1.62. The first-order chi connectivity index (χ1) is 19.7. The van der Waals surface area contributed by atoms with Crippen LogP contribution in [0.4, 0.5) is 10.6 Å². The van der Waals surface area contributed by atoms with Crippen molar-refractivity contribution in [3.63, 3.8) is 0 Å². The lowest BCUT2D eigenvalue weighted by Crippen LogP contribution is -2.84. The quantitative estimate of drug-likeness (QED) is 0.220. The summed E-state index contributed by atoms with van der Waals surface area (Å²) in [7, 11) is 0. The van der Waals surface area contributed by atoms with Crippen molar-refractivity contribution in [2.45, 2.75) is 55.9 Å². The number of aliphatic carboxylic acids is 1. The number of phenolic OH excluding ortho intramolecular Hbond substituents is 1. The van der Waals surface area contributed by atoms with Crippen molar-refractivity contribution in [2.75, 3.05) is 6.54 Å². The molecule has 13 nitrogen and oxygen atoms in total. The van der Waals surface area contributed by atoms with Gasteiger partial charge in [0, 0.05) is 11.8 Å². The third-order valence-electron chi connectivity index (χ3n) is 8.17. The van der Waals surface area contributed by atoms with E-state index in [4.69, 9.17) is 0 Å². The zero-order chi connectivity index (χ0) is 30.8. The molecule has 3 aliphatic rings. The summed E-state index contributed by atoms with van der Waals surface area (Å²) in [4.78, 5) is 71.6. The number of benzene rings is 1. The molecule has 0 saturated carbocycles. The lowest BCUT2D eigenvalue weighted by Gasteiger charge is -2.56. The number of nitrogens with zero attached hydrogens (tertiary/aromatic N) is 4. The Kier molecular flexibility index (Phi) is 6.81. The average molecular weight is 597 g/mol. The van der Waals surface area contributed by atoms with E-state index in [9.17, 15) is 39.3 Å². The van der Waals surface area contributed by atoms with Crippen LogP contribution in [-0.4, -0.2) is 88.2 Å². The number of aromatic hydroxyl groups is 1. The van der Waals surface area contributed by atoms with Crippen molar-refractivity contribution in [1.29, 1.82) is 0 Å². The van der Waals surface area contributed by atoms with E-state index >= 15 is 0 Å². The van der Waals surface area contributed by atoms with Crippen LogP contribution in [-0.2, 0) is 20.8 Å². The summed E-state index contributed by atoms with van der Waals surface area (Å²) in [5.74, 6) is -3.08. The van der Waals surface area contributed by atoms with Gasteiger partial charge in [-0.25, -0.2) is 29.5 Å². The number of β-lactam (4-membered cyclic amide) rings is 1. The monoisotopic (exact) mass is 596 g/mol. The van der Waals surface area contributed by atoms with Crippen molar-refractivity contribution < 1.29 is 39.3 Å². The van der Waals surface area contributed by atoms with Crippen LogP contribution >= 0.6 is 11.8 Å². The van der Waals surface area contributed by atoms with E-state index in [-0.39, 0.29) is 16.0 Å². The highest BCUT2D eigenvalue weighted by Gasteiger charge is 2.80. The number of fused-ring (bicyclic) bond motifs is 2. The lowest BCUT2D eigenvalue weighted by atomic mass is 9.86. The van der Waals surface area contributed by atoms with Crippen LogP contribution in [0, 0.1) is 6.92 Å². The number of hydrogen-bond acceptors (Lipinski definition) is 8. The topological polar surface area (TPSA) is 177 Å². The Labute approximate surface area is 245 Å². The van der Waals surface area contributed by atoms with E-state index in [0.717, 1.165) is 16.7 Å². The molecule has 14 heteroatoms. The number of nitrogens with one attached hydrogen (secondary N) is 1. The minimum atomic E-state index is -2.45. The van der Waals surface area contributed by atoms with Crippen LogP contribution in [0.15, 0.2) is 48.7 Å². The maximum absolute atomic E-state index is 14.2. The number of carboxylic acids is 1. The standard InChI is InChI=1S/C28H29N5O8S/c1-5-33(13-12-19(35)18-11-6-15(2)29-22(18)33)21-23(37)31-24(21)42-27(3,4)28(31,25(38)39)32(30-26(40)41)20(36)14-16-7-9-17(34)10-8-16/h6-13,21,24,30H,5,14H2,1-4H3,(H2-,34,38,39,40,41)/p+1/t21-,24+,28+,33-/m0/s1. The van der Waals surface area contributed by atoms with Gasteiger partial charge in [0.25, 0.3) is 11.6 Å². The van der Waals surface area contributed by atoms with Gasteiger partial charge in [0.1, 0.15) is 22.9 Å². The van der Waals surface area contributed by atoms with Gasteiger partial charge in [0.2, 0.25) is 17.8 Å². The van der Waals surface area contributed by atoms with Crippen LogP contribution in [0.5, 0.6) is 5.75 Å². The van der Waals surface area contributed by atoms with Crippen LogP contribution < -0.4 is 9.91 Å². The molecule has 0 radical (unpaired) electrons. The fourth-order valence-corrected chi connectivity index (χ4v) is 8.09. The summed E-state index contributed by atoms with van der Waals surface area (Å²) < 4.78 is -1.56. The Bertz CT molecular complexity index is 1560. The third-order valence-corrected chi connectivity index (χ3v) is 9.76. The van der Waals surface area contributed by atoms with Gasteiger partial charge in [-0.15, -0.1) is 11.8 Å². The fourth-order valence-electron chi connectivity index (χ4n) is 6.22. The smallest absolute Gasteiger partial charge is 0.423 e. The molecule has 3 amide bonds. The van der Waals surface area contributed by atoms with Gasteiger partial charge < -0.3 is 15.3 Å². The van der Waals surface area contributed by atoms with E-state index in [1.54, 1.807) is 39.1 Å². The van der Waals surface area contributed by atoms with E-state index in [1.165, 1.54) is 30.3 Å². The molecule has 2 aromatic rings. The summed E-state index contributed by atoms with van der Waals surface area (Å²) in [6.07, 6.45) is 0.886. The molecule has 0 bridgehead atoms. The Morgan fingerprint density at radius 2 is 1.79 bits per heavy atom. The van der Waals surface area contributed by atoms with Gasteiger partial charge in [-0.1, -0.05) is 12.1 Å². The number of thioether (sulfide) groups is 1. The Morgan fingerprint density at radius 3 is 2.38 bits per heavy atom. The van der Waals surface area contributed by atoms with Crippen molar-refractivity contribution in [3.8, 4) is 5.75 Å². The minimum absolute atomic E-state index is 0.0465. The van der Waals surface area contributed by atoms with Crippen LogP contribution in [0.25, 0.3) is 0 Å². The van der Waals surface area contributed by atoms with Gasteiger partial charge >= 0.3 is 12.1 Å². The zero-order valence-corrected chi connectivity index (χ0v) is 24.1. The highest BCUT2D eigenvalue weighted by molar-refractivity contribution is 8.01. The molecule has 2 saturated heterocycles. The summed E-state index contributed by atoms with van der Waals surface area (Å²) in [6, 6.07) is 8.04. The van der Waals surface area contributed by atoms with E-state index in [0.29, 0.717) is 34.2 Å². The Morgan fingerprint density at radius 1 is 1.12 bits per heavy atom. The first-order valence-electron chi connectivity index (χ1n) is 13.2. The highest BCUT2D eigenvalue weighted by atomic mass is 32.2. The SMILES string of the molecule is CC[N@@+]1([C@H]2C(=O)N3[C@@H]2SC(C)(C)[C@@]3(C(=O)O)N(NC(=O)O)C(=O)Cc2ccc(O)cc2)C=CC(=O)c2ccc(C)nc21. The van der Waals surface area contributed by atoms with Crippen LogP contribution in [0.3, 0.4) is 0 Å². The van der Waals surface area contributed by atoms with E-state index < -0.39 is 52.1 Å². The summed E-state index contributed by atoms with van der Waals surface area (Å²) in [6.45, 7) is 6.99. The minimum Gasteiger partial charge on any atom is -0.508 e. The first-order valence-corrected chi connectivity index (χ1v) is 14.0. The highest BCUT2D eigenvalue weighted by Crippen LogP contribution is 2.60. The summed E-state index contributed by atoms with van der Waals surface area (Å²) in [5, 5.41) is 29.8. The van der Waals surface area contributed by atoms with Crippen LogP contribution in [0.1, 0.15) is 42.4 Å². The second-order valence-electron chi connectivity index (χ2n) is 10.9. The number of carbonyl (C=O) groups excluding carboxylic acids is 3. The predicted octanol–water partition coefficient (Wildman–Crippen LogP) is 2.23. The van der Waals surface area contributed by atoms with Crippen LogP contribution in [0.2, 0.25) is 0 Å². The second-order valence-corrected chi connectivity index (χ2v) is 12.6. The first kappa shape index (κ1) is 29.1.